The molecule has 1 amide bonds. The summed E-state index contributed by atoms with van der Waals surface area (Å²) in [6.07, 6.45) is 0.669. The van der Waals surface area contributed by atoms with Crippen LogP contribution in [0.1, 0.15) is 48.0 Å². The number of rotatable bonds is 9. The van der Waals surface area contributed by atoms with Crippen molar-refractivity contribution in [2.75, 3.05) is 33.4 Å². The third-order valence-corrected chi connectivity index (χ3v) is 3.20. The molecule has 1 N–H and O–H groups in total. The van der Waals surface area contributed by atoms with E-state index in [-0.39, 0.29) is 6.09 Å². The fourth-order valence-corrected chi connectivity index (χ4v) is 1.93. The van der Waals surface area contributed by atoms with Gasteiger partial charge in [0.25, 0.3) is 0 Å². The Bertz CT molecular complexity index is 288. The maximum Gasteiger partial charge on any atom is 0.410 e. The third kappa shape index (κ3) is 9.69. The molecule has 0 fully saturated rings. The van der Waals surface area contributed by atoms with Gasteiger partial charge in [-0.3, -0.25) is 0 Å². The van der Waals surface area contributed by atoms with Gasteiger partial charge in [0.1, 0.15) is 5.60 Å². The summed E-state index contributed by atoms with van der Waals surface area (Å²) in [5, 5.41) is 3.48. The van der Waals surface area contributed by atoms with Gasteiger partial charge in [0, 0.05) is 26.2 Å². The zero-order valence-electron chi connectivity index (χ0n) is 14.9. The molecule has 0 bridgehead atoms. The lowest BCUT2D eigenvalue weighted by Crippen LogP contribution is -2.41. The largest absolute Gasteiger partial charge is 0.444 e. The summed E-state index contributed by atoms with van der Waals surface area (Å²) in [7, 11) is 1.72. The summed E-state index contributed by atoms with van der Waals surface area (Å²) in [4.78, 5) is 13.7. The predicted molar refractivity (Wildman–Crippen MR) is 86.6 cm³/mol. The van der Waals surface area contributed by atoms with Crippen LogP contribution in [0, 0.1) is 5.92 Å². The average molecular weight is 302 g/mol. The van der Waals surface area contributed by atoms with Crippen LogP contribution in [0.2, 0.25) is 0 Å². The quantitative estimate of drug-likeness (QED) is 0.665. The van der Waals surface area contributed by atoms with Crippen molar-refractivity contribution in [1.29, 1.82) is 0 Å². The van der Waals surface area contributed by atoms with Crippen molar-refractivity contribution in [2.24, 2.45) is 5.92 Å². The summed E-state index contributed by atoms with van der Waals surface area (Å²) in [6, 6.07) is 0.353. The van der Waals surface area contributed by atoms with E-state index >= 15 is 0 Å². The first-order chi connectivity index (χ1) is 9.71. The van der Waals surface area contributed by atoms with Crippen LogP contribution in [0.3, 0.4) is 0 Å². The van der Waals surface area contributed by atoms with Gasteiger partial charge < -0.3 is 19.7 Å². The second kappa shape index (κ2) is 10.0. The first-order valence-electron chi connectivity index (χ1n) is 7.91. The van der Waals surface area contributed by atoms with Crippen molar-refractivity contribution >= 4 is 6.09 Å². The monoisotopic (exact) mass is 302 g/mol. The SMILES string of the molecule is CCN(CCCNC(COC)C(C)C)C(=O)OC(C)(C)C. The normalized spacial score (nSPS) is 13.3. The molecule has 0 aromatic carbocycles. The summed E-state index contributed by atoms with van der Waals surface area (Å²) in [6.45, 7) is 14.9. The lowest BCUT2D eigenvalue weighted by atomic mass is 10.1. The van der Waals surface area contributed by atoms with E-state index in [9.17, 15) is 4.79 Å². The van der Waals surface area contributed by atoms with Crippen LogP contribution in [0.4, 0.5) is 4.79 Å². The highest BCUT2D eigenvalue weighted by Crippen LogP contribution is 2.10. The van der Waals surface area contributed by atoms with Crippen LogP contribution in [-0.4, -0.2) is 56.0 Å². The van der Waals surface area contributed by atoms with Gasteiger partial charge >= 0.3 is 6.09 Å². The highest BCUT2D eigenvalue weighted by Gasteiger charge is 2.20. The van der Waals surface area contributed by atoms with Crippen LogP contribution < -0.4 is 5.32 Å². The van der Waals surface area contributed by atoms with E-state index in [1.807, 2.05) is 27.7 Å². The second-order valence-electron chi connectivity index (χ2n) is 6.67. The van der Waals surface area contributed by atoms with E-state index in [1.54, 1.807) is 12.0 Å². The van der Waals surface area contributed by atoms with Crippen LogP contribution in [0.15, 0.2) is 0 Å². The number of hydrogen-bond donors (Lipinski definition) is 1. The molecule has 0 saturated carbocycles. The molecule has 0 saturated heterocycles. The van der Waals surface area contributed by atoms with Crippen molar-refractivity contribution in [2.45, 2.75) is 59.6 Å². The van der Waals surface area contributed by atoms with Gasteiger partial charge in [0.15, 0.2) is 0 Å². The highest BCUT2D eigenvalue weighted by atomic mass is 16.6. The number of amides is 1. The van der Waals surface area contributed by atoms with Gasteiger partial charge in [0.2, 0.25) is 0 Å². The minimum Gasteiger partial charge on any atom is -0.444 e. The van der Waals surface area contributed by atoms with E-state index < -0.39 is 5.60 Å². The second-order valence-corrected chi connectivity index (χ2v) is 6.67. The van der Waals surface area contributed by atoms with Crippen molar-refractivity contribution in [1.82, 2.24) is 10.2 Å². The molecule has 5 nitrogen and oxygen atoms in total. The molecule has 1 atom stereocenters. The lowest BCUT2D eigenvalue weighted by molar-refractivity contribution is 0.0257. The Morgan fingerprint density at radius 1 is 1.29 bits per heavy atom. The van der Waals surface area contributed by atoms with E-state index in [0.717, 1.165) is 13.0 Å². The van der Waals surface area contributed by atoms with E-state index in [2.05, 4.69) is 19.2 Å². The maximum atomic E-state index is 12.0. The summed E-state index contributed by atoms with van der Waals surface area (Å²) in [5.74, 6) is 0.526. The molecule has 0 aromatic rings. The molecule has 0 radical (unpaired) electrons. The Balaban J connectivity index is 4.09. The average Bonchev–Trinajstić information content (AvgIpc) is 2.34. The Labute approximate surface area is 130 Å². The number of carbonyl (C=O) groups is 1. The third-order valence-electron chi connectivity index (χ3n) is 3.20. The summed E-state index contributed by atoms with van der Waals surface area (Å²) >= 11 is 0. The molecule has 0 aromatic heterocycles. The minimum atomic E-state index is -0.441. The van der Waals surface area contributed by atoms with Gasteiger partial charge in [0.05, 0.1) is 6.61 Å². The zero-order chi connectivity index (χ0) is 16.5. The van der Waals surface area contributed by atoms with Gasteiger partial charge in [-0.25, -0.2) is 4.79 Å². The van der Waals surface area contributed by atoms with Crippen molar-refractivity contribution in [3.63, 3.8) is 0 Å². The number of methoxy groups -OCH3 is 1. The molecule has 5 heteroatoms. The molecule has 126 valence electrons. The fourth-order valence-electron chi connectivity index (χ4n) is 1.93. The Morgan fingerprint density at radius 3 is 2.33 bits per heavy atom. The number of carbonyl (C=O) groups excluding carboxylic acids is 1. The first kappa shape index (κ1) is 20.2. The molecule has 0 aliphatic carbocycles. The molecular formula is C16H34N2O3. The standard InChI is InChI=1S/C16H34N2O3/c1-8-18(15(19)21-16(4,5)6)11-9-10-17-14(12-20-7)13(2)3/h13-14,17H,8-12H2,1-7H3. The van der Waals surface area contributed by atoms with Crippen molar-refractivity contribution < 1.29 is 14.3 Å². The molecule has 0 spiro atoms. The van der Waals surface area contributed by atoms with Gasteiger partial charge in [-0.05, 0) is 46.6 Å². The lowest BCUT2D eigenvalue weighted by Gasteiger charge is -2.27. The molecular weight excluding hydrogens is 268 g/mol. The zero-order valence-corrected chi connectivity index (χ0v) is 14.9. The fraction of sp³-hybridized carbons (Fsp3) is 0.938. The van der Waals surface area contributed by atoms with E-state index in [4.69, 9.17) is 9.47 Å². The van der Waals surface area contributed by atoms with Gasteiger partial charge in [-0.1, -0.05) is 13.8 Å². The van der Waals surface area contributed by atoms with Crippen molar-refractivity contribution in [3.8, 4) is 0 Å². The van der Waals surface area contributed by atoms with Crippen LogP contribution in [0.25, 0.3) is 0 Å². The van der Waals surface area contributed by atoms with Crippen molar-refractivity contribution in [3.05, 3.63) is 0 Å². The summed E-state index contributed by atoms with van der Waals surface area (Å²) in [5.41, 5.74) is -0.441. The summed E-state index contributed by atoms with van der Waals surface area (Å²) < 4.78 is 10.6. The molecule has 21 heavy (non-hydrogen) atoms. The number of ether oxygens (including phenoxy) is 2. The van der Waals surface area contributed by atoms with E-state index in [1.165, 1.54) is 0 Å². The molecule has 0 aliphatic heterocycles. The number of hydrogen-bond acceptors (Lipinski definition) is 4. The van der Waals surface area contributed by atoms with E-state index in [0.29, 0.717) is 31.7 Å². The van der Waals surface area contributed by atoms with Gasteiger partial charge in [-0.2, -0.15) is 0 Å². The highest BCUT2D eigenvalue weighted by molar-refractivity contribution is 5.68. The van der Waals surface area contributed by atoms with Crippen LogP contribution in [-0.2, 0) is 9.47 Å². The topological polar surface area (TPSA) is 50.8 Å². The number of nitrogens with zero attached hydrogens (tertiary/aromatic N) is 1. The van der Waals surface area contributed by atoms with Crippen LogP contribution >= 0.6 is 0 Å². The molecule has 1 unspecified atom stereocenters. The first-order valence-corrected chi connectivity index (χ1v) is 7.91. The van der Waals surface area contributed by atoms with Crippen LogP contribution in [0.5, 0.6) is 0 Å². The van der Waals surface area contributed by atoms with Gasteiger partial charge in [-0.15, -0.1) is 0 Å². The Hall–Kier alpha value is -0.810. The number of nitrogens with one attached hydrogen (secondary N) is 1. The predicted octanol–water partition coefficient (Wildman–Crippen LogP) is 2.89. The Kier molecular flexibility index (Phi) is 9.62. The Morgan fingerprint density at radius 2 is 1.90 bits per heavy atom. The molecule has 0 heterocycles. The smallest absolute Gasteiger partial charge is 0.410 e. The maximum absolute atomic E-state index is 12.0. The minimum absolute atomic E-state index is 0.234. The molecule has 0 rings (SSSR count). The molecule has 0 aliphatic rings.